The summed E-state index contributed by atoms with van der Waals surface area (Å²) >= 11 is 0. The van der Waals surface area contributed by atoms with E-state index in [1.807, 2.05) is 0 Å². The number of nitrogens with zero attached hydrogens (tertiary/aromatic N) is 1. The van der Waals surface area contributed by atoms with Crippen LogP contribution in [-0.2, 0) is 5.41 Å². The third-order valence-corrected chi connectivity index (χ3v) is 7.49. The Bertz CT molecular complexity index is 1530. The SMILES string of the molecule is CN(c1cccc(-c2cccc(-c3ccccc3)c2)c1)c1ccc2c(c1)C(C)(C)c1ccccc1-2. The van der Waals surface area contributed by atoms with Gasteiger partial charge in [0, 0.05) is 23.8 Å². The van der Waals surface area contributed by atoms with E-state index in [-0.39, 0.29) is 5.41 Å². The molecule has 0 N–H and O–H groups in total. The van der Waals surface area contributed by atoms with E-state index in [0.717, 1.165) is 0 Å². The van der Waals surface area contributed by atoms with Crippen molar-refractivity contribution in [1.82, 2.24) is 0 Å². The first-order valence-electron chi connectivity index (χ1n) is 12.3. The fourth-order valence-electron chi connectivity index (χ4n) is 5.45. The lowest BCUT2D eigenvalue weighted by Crippen LogP contribution is -2.16. The number of fused-ring (bicyclic) bond motifs is 3. The Morgan fingerprint density at radius 3 is 1.83 bits per heavy atom. The summed E-state index contributed by atoms with van der Waals surface area (Å²) in [6.45, 7) is 4.67. The third-order valence-electron chi connectivity index (χ3n) is 7.49. The molecule has 1 aliphatic rings. The Hall–Kier alpha value is -4.10. The zero-order chi connectivity index (χ0) is 24.0. The first kappa shape index (κ1) is 21.4. The summed E-state index contributed by atoms with van der Waals surface area (Å²) in [7, 11) is 2.16. The molecule has 1 heteroatoms. The molecule has 0 unspecified atom stereocenters. The van der Waals surface area contributed by atoms with Crippen molar-refractivity contribution in [3.8, 4) is 33.4 Å². The molecule has 0 aliphatic heterocycles. The van der Waals surface area contributed by atoms with E-state index in [1.54, 1.807) is 0 Å². The minimum atomic E-state index is 0.00248. The van der Waals surface area contributed by atoms with E-state index in [2.05, 4.69) is 147 Å². The molecule has 0 atom stereocenters. The van der Waals surface area contributed by atoms with Gasteiger partial charge >= 0.3 is 0 Å². The summed E-state index contributed by atoms with van der Waals surface area (Å²) in [5.74, 6) is 0. The van der Waals surface area contributed by atoms with Crippen molar-refractivity contribution in [2.75, 3.05) is 11.9 Å². The van der Waals surface area contributed by atoms with Gasteiger partial charge < -0.3 is 4.90 Å². The molecule has 0 bridgehead atoms. The number of benzene rings is 5. The van der Waals surface area contributed by atoms with Gasteiger partial charge in [0.2, 0.25) is 0 Å². The highest BCUT2D eigenvalue weighted by Gasteiger charge is 2.35. The van der Waals surface area contributed by atoms with Gasteiger partial charge in [-0.15, -0.1) is 0 Å². The first-order chi connectivity index (χ1) is 17.0. The zero-order valence-corrected chi connectivity index (χ0v) is 20.5. The quantitative estimate of drug-likeness (QED) is 0.263. The minimum absolute atomic E-state index is 0.00248. The van der Waals surface area contributed by atoms with E-state index in [1.165, 1.54) is 55.9 Å². The van der Waals surface area contributed by atoms with Crippen LogP contribution in [0.5, 0.6) is 0 Å². The van der Waals surface area contributed by atoms with E-state index in [0.29, 0.717) is 0 Å². The van der Waals surface area contributed by atoms with Crippen LogP contribution in [-0.4, -0.2) is 7.05 Å². The highest BCUT2D eigenvalue weighted by Crippen LogP contribution is 2.49. The Morgan fingerprint density at radius 2 is 1.03 bits per heavy atom. The standard InChI is InChI=1S/C34H29N/c1-34(2)32-18-8-7-17-30(32)31-20-19-29(23-33(31)34)35(3)28-16-10-15-27(22-28)26-14-9-13-25(21-26)24-11-5-4-6-12-24/h4-23H,1-3H3. The molecule has 6 rings (SSSR count). The van der Waals surface area contributed by atoms with Gasteiger partial charge in [-0.2, -0.15) is 0 Å². The predicted octanol–water partition coefficient (Wildman–Crippen LogP) is 9.09. The van der Waals surface area contributed by atoms with Crippen LogP contribution >= 0.6 is 0 Å². The molecule has 0 radical (unpaired) electrons. The van der Waals surface area contributed by atoms with E-state index < -0.39 is 0 Å². The van der Waals surface area contributed by atoms with E-state index in [9.17, 15) is 0 Å². The van der Waals surface area contributed by atoms with Gasteiger partial charge in [0.1, 0.15) is 0 Å². The van der Waals surface area contributed by atoms with Crippen molar-refractivity contribution in [2.24, 2.45) is 0 Å². The third kappa shape index (κ3) is 3.65. The minimum Gasteiger partial charge on any atom is -0.345 e. The lowest BCUT2D eigenvalue weighted by atomic mass is 9.82. The van der Waals surface area contributed by atoms with Crippen LogP contribution in [0.3, 0.4) is 0 Å². The van der Waals surface area contributed by atoms with Crippen molar-refractivity contribution < 1.29 is 0 Å². The second-order valence-corrected chi connectivity index (χ2v) is 9.96. The lowest BCUT2D eigenvalue weighted by Gasteiger charge is -2.25. The summed E-state index contributed by atoms with van der Waals surface area (Å²) in [6.07, 6.45) is 0. The summed E-state index contributed by atoms with van der Waals surface area (Å²) in [5, 5.41) is 0. The van der Waals surface area contributed by atoms with E-state index >= 15 is 0 Å². The maximum Gasteiger partial charge on any atom is 0.0414 e. The van der Waals surface area contributed by atoms with Crippen LogP contribution < -0.4 is 4.90 Å². The number of rotatable bonds is 4. The molecule has 1 aliphatic carbocycles. The average Bonchev–Trinajstić information content (AvgIpc) is 3.15. The summed E-state index contributed by atoms with van der Waals surface area (Å²) in [4.78, 5) is 2.30. The molecular weight excluding hydrogens is 422 g/mol. The van der Waals surface area contributed by atoms with Gasteiger partial charge in [0.15, 0.2) is 0 Å². The summed E-state index contributed by atoms with van der Waals surface area (Å²) in [5.41, 5.74) is 12.9. The Morgan fingerprint density at radius 1 is 0.457 bits per heavy atom. The second kappa shape index (κ2) is 8.29. The molecule has 0 heterocycles. The number of hydrogen-bond acceptors (Lipinski definition) is 1. The molecule has 5 aromatic carbocycles. The molecule has 0 amide bonds. The Kier molecular flexibility index (Phi) is 5.07. The molecule has 5 aromatic rings. The number of anilines is 2. The van der Waals surface area contributed by atoms with Crippen LogP contribution in [0.25, 0.3) is 33.4 Å². The lowest BCUT2D eigenvalue weighted by molar-refractivity contribution is 0.660. The molecule has 0 saturated heterocycles. The fourth-order valence-corrected chi connectivity index (χ4v) is 5.45. The van der Waals surface area contributed by atoms with Crippen LogP contribution in [0.1, 0.15) is 25.0 Å². The van der Waals surface area contributed by atoms with Gasteiger partial charge in [0.05, 0.1) is 0 Å². The maximum absolute atomic E-state index is 2.37. The normalized spacial score (nSPS) is 13.2. The average molecular weight is 452 g/mol. The zero-order valence-electron chi connectivity index (χ0n) is 20.5. The van der Waals surface area contributed by atoms with Crippen molar-refractivity contribution in [2.45, 2.75) is 19.3 Å². The highest BCUT2D eigenvalue weighted by atomic mass is 15.1. The highest BCUT2D eigenvalue weighted by molar-refractivity contribution is 5.83. The van der Waals surface area contributed by atoms with Crippen LogP contribution in [0, 0.1) is 0 Å². The molecule has 35 heavy (non-hydrogen) atoms. The molecular formula is C34H29N. The Balaban J connectivity index is 1.35. The first-order valence-corrected chi connectivity index (χ1v) is 12.3. The van der Waals surface area contributed by atoms with Gasteiger partial charge in [-0.25, -0.2) is 0 Å². The predicted molar refractivity (Wildman–Crippen MR) is 149 cm³/mol. The van der Waals surface area contributed by atoms with Crippen LogP contribution in [0.4, 0.5) is 11.4 Å². The summed E-state index contributed by atoms with van der Waals surface area (Å²) < 4.78 is 0. The largest absolute Gasteiger partial charge is 0.345 e. The molecule has 0 saturated carbocycles. The smallest absolute Gasteiger partial charge is 0.0414 e. The monoisotopic (exact) mass is 451 g/mol. The van der Waals surface area contributed by atoms with Gasteiger partial charge in [-0.05, 0) is 74.8 Å². The van der Waals surface area contributed by atoms with Gasteiger partial charge in [0.25, 0.3) is 0 Å². The number of hydrogen-bond donors (Lipinski definition) is 0. The van der Waals surface area contributed by atoms with Crippen molar-refractivity contribution >= 4 is 11.4 Å². The fraction of sp³-hybridized carbons (Fsp3) is 0.118. The molecule has 1 nitrogen and oxygen atoms in total. The van der Waals surface area contributed by atoms with Crippen molar-refractivity contribution in [3.05, 3.63) is 132 Å². The maximum atomic E-state index is 2.37. The van der Waals surface area contributed by atoms with Crippen LogP contribution in [0.15, 0.2) is 121 Å². The van der Waals surface area contributed by atoms with Crippen molar-refractivity contribution in [3.63, 3.8) is 0 Å². The molecule has 0 fully saturated rings. The summed E-state index contributed by atoms with van der Waals surface area (Å²) in [6, 6.07) is 43.9. The van der Waals surface area contributed by atoms with Gasteiger partial charge in [-0.1, -0.05) is 105 Å². The molecule has 170 valence electrons. The van der Waals surface area contributed by atoms with Crippen molar-refractivity contribution in [1.29, 1.82) is 0 Å². The topological polar surface area (TPSA) is 3.24 Å². The van der Waals surface area contributed by atoms with Crippen LogP contribution in [0.2, 0.25) is 0 Å². The molecule has 0 spiro atoms. The molecule has 0 aromatic heterocycles. The van der Waals surface area contributed by atoms with E-state index in [4.69, 9.17) is 0 Å². The second-order valence-electron chi connectivity index (χ2n) is 9.96. The Labute approximate surface area is 208 Å². The van der Waals surface area contributed by atoms with Gasteiger partial charge in [-0.3, -0.25) is 0 Å².